The molecule has 3 rings (SSSR count). The van der Waals surface area contributed by atoms with Gasteiger partial charge in [0, 0.05) is 25.3 Å². The van der Waals surface area contributed by atoms with Gasteiger partial charge in [-0.05, 0) is 55.1 Å². The highest BCUT2D eigenvalue weighted by atomic mass is 15.1. The molecule has 0 spiro atoms. The Labute approximate surface area is 127 Å². The molecule has 2 aromatic rings. The molecular formula is C19H24N2. The van der Waals surface area contributed by atoms with E-state index < -0.39 is 0 Å². The van der Waals surface area contributed by atoms with Crippen LogP contribution in [0.3, 0.4) is 0 Å². The maximum atomic E-state index is 3.54. The Hall–Kier alpha value is -1.80. The summed E-state index contributed by atoms with van der Waals surface area (Å²) in [6, 6.07) is 17.5. The Morgan fingerprint density at radius 2 is 1.90 bits per heavy atom. The number of nitrogens with zero attached hydrogens (tertiary/aromatic N) is 1. The number of benzene rings is 2. The highest BCUT2D eigenvalue weighted by Gasteiger charge is 2.13. The molecule has 21 heavy (non-hydrogen) atoms. The zero-order chi connectivity index (χ0) is 14.5. The smallest absolute Gasteiger partial charge is 0.0343 e. The largest absolute Gasteiger partial charge is 0.384 e. The van der Waals surface area contributed by atoms with Gasteiger partial charge in [0.15, 0.2) is 0 Å². The van der Waals surface area contributed by atoms with Crippen LogP contribution in [0.25, 0.3) is 0 Å². The minimum Gasteiger partial charge on any atom is -0.384 e. The number of hydrogen-bond acceptors (Lipinski definition) is 2. The second-order valence-corrected chi connectivity index (χ2v) is 5.94. The van der Waals surface area contributed by atoms with Crippen molar-refractivity contribution in [3.63, 3.8) is 0 Å². The van der Waals surface area contributed by atoms with E-state index in [9.17, 15) is 0 Å². The Balaban J connectivity index is 1.54. The predicted molar refractivity (Wildman–Crippen MR) is 89.7 cm³/mol. The molecule has 0 aliphatic carbocycles. The number of hydrogen-bond donors (Lipinski definition) is 1. The lowest BCUT2D eigenvalue weighted by Crippen LogP contribution is -2.28. The summed E-state index contributed by atoms with van der Waals surface area (Å²) in [6.07, 6.45) is 2.49. The first-order valence-electron chi connectivity index (χ1n) is 7.91. The zero-order valence-corrected chi connectivity index (χ0v) is 12.8. The molecule has 1 aliphatic rings. The summed E-state index contributed by atoms with van der Waals surface area (Å²) in [5.41, 5.74) is 5.58. The minimum absolute atomic E-state index is 1.01. The number of anilines is 1. The Morgan fingerprint density at radius 3 is 2.76 bits per heavy atom. The average Bonchev–Trinajstić information content (AvgIpc) is 2.69. The summed E-state index contributed by atoms with van der Waals surface area (Å²) in [5.74, 6) is 0. The molecule has 1 aliphatic heterocycles. The van der Waals surface area contributed by atoms with E-state index in [1.807, 2.05) is 0 Å². The standard InChI is InChI=1S/C19H24N2/c1-16-6-4-10-19(14-16)20-11-13-21-12-5-9-17-7-2-3-8-18(17)15-21/h2-4,6-8,10,14,20H,5,9,11-13,15H2,1H3. The van der Waals surface area contributed by atoms with E-state index in [0.717, 1.165) is 19.6 Å². The Bertz CT molecular complexity index is 592. The van der Waals surface area contributed by atoms with Crippen LogP contribution < -0.4 is 5.32 Å². The van der Waals surface area contributed by atoms with E-state index >= 15 is 0 Å². The van der Waals surface area contributed by atoms with Crippen LogP contribution >= 0.6 is 0 Å². The molecule has 110 valence electrons. The monoisotopic (exact) mass is 280 g/mol. The first kappa shape index (κ1) is 14.2. The molecule has 1 heterocycles. The average molecular weight is 280 g/mol. The molecule has 2 nitrogen and oxygen atoms in total. The predicted octanol–water partition coefficient (Wildman–Crippen LogP) is 3.86. The quantitative estimate of drug-likeness (QED) is 0.915. The lowest BCUT2D eigenvalue weighted by Gasteiger charge is -2.21. The number of rotatable bonds is 4. The molecule has 0 aromatic heterocycles. The molecule has 0 saturated heterocycles. The molecule has 0 amide bonds. The molecule has 2 heteroatoms. The number of nitrogens with one attached hydrogen (secondary N) is 1. The van der Waals surface area contributed by atoms with Crippen LogP contribution in [0.2, 0.25) is 0 Å². The van der Waals surface area contributed by atoms with E-state index in [-0.39, 0.29) is 0 Å². The van der Waals surface area contributed by atoms with Crippen LogP contribution in [0.15, 0.2) is 48.5 Å². The normalized spacial score (nSPS) is 15.3. The second kappa shape index (κ2) is 6.77. The van der Waals surface area contributed by atoms with Gasteiger partial charge in [0.05, 0.1) is 0 Å². The summed E-state index contributed by atoms with van der Waals surface area (Å²) in [4.78, 5) is 2.56. The van der Waals surface area contributed by atoms with Gasteiger partial charge < -0.3 is 5.32 Å². The van der Waals surface area contributed by atoms with Crippen LogP contribution in [-0.4, -0.2) is 24.5 Å². The summed E-state index contributed by atoms with van der Waals surface area (Å²) in [6.45, 7) is 6.53. The summed E-state index contributed by atoms with van der Waals surface area (Å²) in [7, 11) is 0. The lowest BCUT2D eigenvalue weighted by molar-refractivity contribution is 0.280. The van der Waals surface area contributed by atoms with E-state index in [1.54, 1.807) is 0 Å². The van der Waals surface area contributed by atoms with Crippen molar-refractivity contribution >= 4 is 5.69 Å². The first-order chi connectivity index (χ1) is 10.3. The van der Waals surface area contributed by atoms with Crippen LogP contribution in [0.5, 0.6) is 0 Å². The van der Waals surface area contributed by atoms with E-state index in [2.05, 4.69) is 65.7 Å². The van der Waals surface area contributed by atoms with Gasteiger partial charge in [0.2, 0.25) is 0 Å². The topological polar surface area (TPSA) is 15.3 Å². The lowest BCUT2D eigenvalue weighted by atomic mass is 10.0. The van der Waals surface area contributed by atoms with Gasteiger partial charge in [0.25, 0.3) is 0 Å². The highest BCUT2D eigenvalue weighted by Crippen LogP contribution is 2.18. The van der Waals surface area contributed by atoms with Crippen LogP contribution in [0, 0.1) is 6.92 Å². The van der Waals surface area contributed by atoms with Crippen molar-refractivity contribution in [1.82, 2.24) is 4.90 Å². The van der Waals surface area contributed by atoms with Gasteiger partial charge in [-0.25, -0.2) is 0 Å². The van der Waals surface area contributed by atoms with Crippen LogP contribution in [0.4, 0.5) is 5.69 Å². The third kappa shape index (κ3) is 3.85. The van der Waals surface area contributed by atoms with Crippen molar-refractivity contribution < 1.29 is 0 Å². The molecule has 0 fully saturated rings. The van der Waals surface area contributed by atoms with E-state index in [4.69, 9.17) is 0 Å². The van der Waals surface area contributed by atoms with Gasteiger partial charge in [-0.2, -0.15) is 0 Å². The molecule has 1 N–H and O–H groups in total. The minimum atomic E-state index is 1.01. The van der Waals surface area contributed by atoms with Gasteiger partial charge in [-0.3, -0.25) is 4.90 Å². The van der Waals surface area contributed by atoms with E-state index in [0.29, 0.717) is 0 Å². The van der Waals surface area contributed by atoms with E-state index in [1.165, 1.54) is 41.8 Å². The van der Waals surface area contributed by atoms with Gasteiger partial charge >= 0.3 is 0 Å². The number of fused-ring (bicyclic) bond motifs is 1. The molecule has 0 radical (unpaired) electrons. The maximum absolute atomic E-state index is 3.54. The third-order valence-corrected chi connectivity index (χ3v) is 4.21. The summed E-state index contributed by atoms with van der Waals surface area (Å²) >= 11 is 0. The van der Waals surface area contributed by atoms with Crippen molar-refractivity contribution in [2.75, 3.05) is 25.0 Å². The van der Waals surface area contributed by atoms with Crippen molar-refractivity contribution in [3.8, 4) is 0 Å². The highest BCUT2D eigenvalue weighted by molar-refractivity contribution is 5.45. The molecule has 2 aromatic carbocycles. The first-order valence-corrected chi connectivity index (χ1v) is 7.91. The fourth-order valence-corrected chi connectivity index (χ4v) is 3.07. The van der Waals surface area contributed by atoms with Gasteiger partial charge in [-0.15, -0.1) is 0 Å². The third-order valence-electron chi connectivity index (χ3n) is 4.21. The van der Waals surface area contributed by atoms with Gasteiger partial charge in [-0.1, -0.05) is 36.4 Å². The second-order valence-electron chi connectivity index (χ2n) is 5.94. The Morgan fingerprint density at radius 1 is 1.05 bits per heavy atom. The molecule has 0 saturated carbocycles. The summed E-state index contributed by atoms with van der Waals surface area (Å²) < 4.78 is 0. The van der Waals surface area contributed by atoms with Gasteiger partial charge in [0.1, 0.15) is 0 Å². The van der Waals surface area contributed by atoms with Crippen molar-refractivity contribution in [2.45, 2.75) is 26.3 Å². The summed E-state index contributed by atoms with van der Waals surface area (Å²) in [5, 5.41) is 3.54. The SMILES string of the molecule is Cc1cccc(NCCN2CCCc3ccccc3C2)c1. The van der Waals surface area contributed by atoms with Crippen molar-refractivity contribution in [1.29, 1.82) is 0 Å². The zero-order valence-electron chi connectivity index (χ0n) is 12.8. The Kier molecular flexibility index (Phi) is 4.56. The number of aryl methyl sites for hydroxylation is 2. The van der Waals surface area contributed by atoms with Crippen molar-refractivity contribution in [2.24, 2.45) is 0 Å². The molecule has 0 unspecified atom stereocenters. The van der Waals surface area contributed by atoms with Crippen LogP contribution in [-0.2, 0) is 13.0 Å². The van der Waals surface area contributed by atoms with Crippen LogP contribution in [0.1, 0.15) is 23.1 Å². The molecule has 0 atom stereocenters. The molecule has 0 bridgehead atoms. The van der Waals surface area contributed by atoms with Crippen molar-refractivity contribution in [3.05, 3.63) is 65.2 Å². The fraction of sp³-hybridized carbons (Fsp3) is 0.368. The maximum Gasteiger partial charge on any atom is 0.0343 e. The molecular weight excluding hydrogens is 256 g/mol. The fourth-order valence-electron chi connectivity index (χ4n) is 3.07.